The molecule has 0 spiro atoms. The third-order valence-corrected chi connectivity index (χ3v) is 2.91. The molecule has 0 aromatic carbocycles. The standard InChI is InChI=1S/C8H12N2O2S/c1-2-10-13(11,12)7-8-3-5-9-6-4-8/h3-6,10H,2,7H2,1H3. The Labute approximate surface area is 78.1 Å². The minimum atomic E-state index is -3.16. The van der Waals surface area contributed by atoms with E-state index in [1.54, 1.807) is 31.5 Å². The van der Waals surface area contributed by atoms with E-state index in [9.17, 15) is 8.42 Å². The normalized spacial score (nSPS) is 11.5. The van der Waals surface area contributed by atoms with Gasteiger partial charge in [-0.25, -0.2) is 13.1 Å². The average molecular weight is 200 g/mol. The van der Waals surface area contributed by atoms with Crippen LogP contribution in [0.1, 0.15) is 12.5 Å². The molecule has 0 fully saturated rings. The molecule has 1 rings (SSSR count). The molecule has 0 aliphatic carbocycles. The highest BCUT2D eigenvalue weighted by Gasteiger charge is 2.08. The van der Waals surface area contributed by atoms with Crippen molar-refractivity contribution in [2.24, 2.45) is 0 Å². The Bertz CT molecular complexity index is 348. The molecular weight excluding hydrogens is 188 g/mol. The van der Waals surface area contributed by atoms with Gasteiger partial charge in [0.15, 0.2) is 0 Å². The highest BCUT2D eigenvalue weighted by Crippen LogP contribution is 2.01. The average Bonchev–Trinajstić information content (AvgIpc) is 2.04. The lowest BCUT2D eigenvalue weighted by Gasteiger charge is -2.03. The van der Waals surface area contributed by atoms with Gasteiger partial charge >= 0.3 is 0 Å². The summed E-state index contributed by atoms with van der Waals surface area (Å²) in [4.78, 5) is 3.81. The van der Waals surface area contributed by atoms with Gasteiger partial charge in [-0.3, -0.25) is 4.98 Å². The third kappa shape index (κ3) is 3.52. The maximum Gasteiger partial charge on any atom is 0.215 e. The van der Waals surface area contributed by atoms with Crippen LogP contribution in [0.3, 0.4) is 0 Å². The van der Waals surface area contributed by atoms with E-state index in [1.807, 2.05) is 0 Å². The van der Waals surface area contributed by atoms with Gasteiger partial charge in [0.2, 0.25) is 10.0 Å². The lowest BCUT2D eigenvalue weighted by Crippen LogP contribution is -2.24. The van der Waals surface area contributed by atoms with Crippen LogP contribution in [0, 0.1) is 0 Å². The van der Waals surface area contributed by atoms with Crippen molar-refractivity contribution in [3.8, 4) is 0 Å². The van der Waals surface area contributed by atoms with Crippen molar-refractivity contribution in [1.82, 2.24) is 9.71 Å². The lowest BCUT2D eigenvalue weighted by molar-refractivity contribution is 0.583. The summed E-state index contributed by atoms with van der Waals surface area (Å²) in [5.41, 5.74) is 0.746. The Hall–Kier alpha value is -0.940. The maximum atomic E-state index is 11.3. The first-order chi connectivity index (χ1) is 6.14. The monoisotopic (exact) mass is 200 g/mol. The molecule has 72 valence electrons. The van der Waals surface area contributed by atoms with Gasteiger partial charge in [-0.15, -0.1) is 0 Å². The van der Waals surface area contributed by atoms with Crippen LogP contribution in [-0.4, -0.2) is 19.9 Å². The number of pyridine rings is 1. The Morgan fingerprint density at radius 2 is 2.00 bits per heavy atom. The molecule has 5 heteroatoms. The third-order valence-electron chi connectivity index (χ3n) is 1.47. The van der Waals surface area contributed by atoms with E-state index < -0.39 is 10.0 Å². The smallest absolute Gasteiger partial charge is 0.215 e. The minimum absolute atomic E-state index is 0.0172. The van der Waals surface area contributed by atoms with Gasteiger partial charge in [0, 0.05) is 18.9 Å². The van der Waals surface area contributed by atoms with Crippen molar-refractivity contribution in [1.29, 1.82) is 0 Å². The molecule has 0 saturated carbocycles. The number of nitrogens with zero attached hydrogens (tertiary/aromatic N) is 1. The van der Waals surface area contributed by atoms with Crippen molar-refractivity contribution in [2.45, 2.75) is 12.7 Å². The maximum absolute atomic E-state index is 11.3. The summed E-state index contributed by atoms with van der Waals surface area (Å²) in [6, 6.07) is 3.38. The topological polar surface area (TPSA) is 59.1 Å². The van der Waals surface area contributed by atoms with E-state index in [1.165, 1.54) is 0 Å². The first-order valence-corrected chi connectivity index (χ1v) is 5.65. The molecule has 0 saturated heterocycles. The van der Waals surface area contributed by atoms with Crippen molar-refractivity contribution in [2.75, 3.05) is 6.54 Å². The second-order valence-electron chi connectivity index (χ2n) is 2.61. The van der Waals surface area contributed by atoms with Crippen LogP contribution < -0.4 is 4.72 Å². The molecule has 0 bridgehead atoms. The second kappa shape index (κ2) is 4.34. The van der Waals surface area contributed by atoms with Crippen LogP contribution in [0.5, 0.6) is 0 Å². The fourth-order valence-corrected chi connectivity index (χ4v) is 2.14. The number of rotatable bonds is 4. The Morgan fingerprint density at radius 3 is 2.54 bits per heavy atom. The Balaban J connectivity index is 2.70. The van der Waals surface area contributed by atoms with Crippen LogP contribution in [-0.2, 0) is 15.8 Å². The zero-order chi connectivity index (χ0) is 9.73. The molecule has 0 radical (unpaired) electrons. The van der Waals surface area contributed by atoms with E-state index >= 15 is 0 Å². The van der Waals surface area contributed by atoms with Crippen LogP contribution in [0.25, 0.3) is 0 Å². The molecule has 4 nitrogen and oxygen atoms in total. The molecule has 1 heterocycles. The van der Waals surface area contributed by atoms with Gasteiger partial charge in [0.1, 0.15) is 0 Å². The number of nitrogens with one attached hydrogen (secondary N) is 1. The zero-order valence-electron chi connectivity index (χ0n) is 7.40. The number of sulfonamides is 1. The van der Waals surface area contributed by atoms with Crippen LogP contribution in [0.4, 0.5) is 0 Å². The van der Waals surface area contributed by atoms with Gasteiger partial charge < -0.3 is 0 Å². The van der Waals surface area contributed by atoms with Gasteiger partial charge in [-0.1, -0.05) is 6.92 Å². The highest BCUT2D eigenvalue weighted by atomic mass is 32.2. The van der Waals surface area contributed by atoms with Gasteiger partial charge in [-0.2, -0.15) is 0 Å². The zero-order valence-corrected chi connectivity index (χ0v) is 8.21. The van der Waals surface area contributed by atoms with Crippen molar-refractivity contribution in [3.63, 3.8) is 0 Å². The number of aromatic nitrogens is 1. The molecule has 1 aromatic heterocycles. The predicted molar refractivity (Wildman–Crippen MR) is 50.5 cm³/mol. The Morgan fingerprint density at radius 1 is 1.38 bits per heavy atom. The van der Waals surface area contributed by atoms with Crippen LogP contribution in [0.2, 0.25) is 0 Å². The van der Waals surface area contributed by atoms with E-state index in [0.717, 1.165) is 5.56 Å². The van der Waals surface area contributed by atoms with E-state index in [2.05, 4.69) is 9.71 Å². The fraction of sp³-hybridized carbons (Fsp3) is 0.375. The van der Waals surface area contributed by atoms with Gasteiger partial charge in [0.25, 0.3) is 0 Å². The largest absolute Gasteiger partial charge is 0.265 e. The minimum Gasteiger partial charge on any atom is -0.265 e. The molecule has 1 aromatic rings. The van der Waals surface area contributed by atoms with Crippen molar-refractivity contribution < 1.29 is 8.42 Å². The van der Waals surface area contributed by atoms with E-state index in [4.69, 9.17) is 0 Å². The quantitative estimate of drug-likeness (QED) is 0.771. The summed E-state index contributed by atoms with van der Waals surface area (Å²) in [5, 5.41) is 0. The molecular formula is C8H12N2O2S. The Kier molecular flexibility index (Phi) is 3.39. The molecule has 0 unspecified atom stereocenters. The summed E-state index contributed by atoms with van der Waals surface area (Å²) in [7, 11) is -3.16. The molecule has 0 amide bonds. The summed E-state index contributed by atoms with van der Waals surface area (Å²) < 4.78 is 25.0. The summed E-state index contributed by atoms with van der Waals surface area (Å²) in [5.74, 6) is 0.0172. The van der Waals surface area contributed by atoms with E-state index in [-0.39, 0.29) is 5.75 Å². The van der Waals surface area contributed by atoms with Crippen molar-refractivity contribution >= 4 is 10.0 Å². The summed E-state index contributed by atoms with van der Waals surface area (Å²) in [6.07, 6.45) is 3.16. The molecule has 0 aliphatic rings. The van der Waals surface area contributed by atoms with Gasteiger partial charge in [-0.05, 0) is 17.7 Å². The van der Waals surface area contributed by atoms with Gasteiger partial charge in [0.05, 0.1) is 5.75 Å². The summed E-state index contributed by atoms with van der Waals surface area (Å²) in [6.45, 7) is 2.18. The van der Waals surface area contributed by atoms with Crippen LogP contribution in [0.15, 0.2) is 24.5 Å². The lowest BCUT2D eigenvalue weighted by atomic mass is 10.3. The molecule has 0 aliphatic heterocycles. The van der Waals surface area contributed by atoms with Crippen molar-refractivity contribution in [3.05, 3.63) is 30.1 Å². The van der Waals surface area contributed by atoms with Crippen LogP contribution >= 0.6 is 0 Å². The fourth-order valence-electron chi connectivity index (χ4n) is 0.969. The first-order valence-electron chi connectivity index (χ1n) is 4.00. The molecule has 1 N–H and O–H groups in total. The number of hydrogen-bond acceptors (Lipinski definition) is 3. The van der Waals surface area contributed by atoms with E-state index in [0.29, 0.717) is 6.54 Å². The summed E-state index contributed by atoms with van der Waals surface area (Å²) >= 11 is 0. The first kappa shape index (κ1) is 10.1. The highest BCUT2D eigenvalue weighted by molar-refractivity contribution is 7.88. The SMILES string of the molecule is CCNS(=O)(=O)Cc1ccncc1. The molecule has 13 heavy (non-hydrogen) atoms. The molecule has 0 atom stereocenters. The second-order valence-corrected chi connectivity index (χ2v) is 4.42. The number of hydrogen-bond donors (Lipinski definition) is 1. The predicted octanol–water partition coefficient (Wildman–Crippen LogP) is 0.521.